The Morgan fingerprint density at radius 3 is 2.60 bits per heavy atom. The number of hydrogen-bond acceptors (Lipinski definition) is 5. The summed E-state index contributed by atoms with van der Waals surface area (Å²) in [6.45, 7) is 1.61. The van der Waals surface area contributed by atoms with Gasteiger partial charge in [0.15, 0.2) is 9.84 Å². The second-order valence-corrected chi connectivity index (χ2v) is 10.1. The molecule has 160 valence electrons. The molecule has 3 aromatic rings. The first-order chi connectivity index (χ1) is 14.3. The standard InChI is InChI=1S/C22H26N2O5S/c1-3-30(27,28)16-8-9-20(29-15-6-4-14(25)5-7-15)18(12-16)19-13-24(2)22(26)21-17(19)10-11-23-21/h8-15,23,25H,3-7H2,1-2H3/t14-,15-. The van der Waals surface area contributed by atoms with Crippen LogP contribution in [0.5, 0.6) is 5.75 Å². The van der Waals surface area contributed by atoms with Crippen LogP contribution in [0.1, 0.15) is 32.6 Å². The number of nitrogens with one attached hydrogen (secondary N) is 1. The van der Waals surface area contributed by atoms with Crippen LogP contribution in [0.2, 0.25) is 0 Å². The molecule has 1 saturated carbocycles. The number of pyridine rings is 1. The summed E-state index contributed by atoms with van der Waals surface area (Å²) in [5.41, 5.74) is 1.67. The zero-order chi connectivity index (χ0) is 21.5. The molecule has 0 bridgehead atoms. The summed E-state index contributed by atoms with van der Waals surface area (Å²) in [7, 11) is -1.74. The molecule has 0 radical (unpaired) electrons. The Morgan fingerprint density at radius 2 is 1.90 bits per heavy atom. The molecule has 2 heterocycles. The molecule has 1 aliphatic carbocycles. The molecule has 0 unspecified atom stereocenters. The molecule has 2 N–H and O–H groups in total. The molecule has 2 aromatic heterocycles. The van der Waals surface area contributed by atoms with E-state index in [1.165, 1.54) is 4.57 Å². The van der Waals surface area contributed by atoms with Crippen molar-refractivity contribution in [2.75, 3.05) is 5.75 Å². The van der Waals surface area contributed by atoms with Gasteiger partial charge >= 0.3 is 0 Å². The minimum absolute atomic E-state index is 0.00000166. The average Bonchev–Trinajstić information content (AvgIpc) is 3.23. The zero-order valence-corrected chi connectivity index (χ0v) is 17.9. The minimum Gasteiger partial charge on any atom is -0.490 e. The SMILES string of the molecule is CCS(=O)(=O)c1ccc(O[C@H]2CC[C@H](O)CC2)c(-c2cn(C)c(=O)c3[nH]ccc23)c1. The first kappa shape index (κ1) is 20.7. The molecular formula is C22H26N2O5S. The normalized spacial score (nSPS) is 19.8. The number of hydrogen-bond donors (Lipinski definition) is 2. The largest absolute Gasteiger partial charge is 0.490 e. The second-order valence-electron chi connectivity index (χ2n) is 7.83. The lowest BCUT2D eigenvalue weighted by Gasteiger charge is -2.27. The second kappa shape index (κ2) is 7.92. The van der Waals surface area contributed by atoms with E-state index in [0.29, 0.717) is 35.1 Å². The summed E-state index contributed by atoms with van der Waals surface area (Å²) in [5, 5.41) is 10.5. The highest BCUT2D eigenvalue weighted by Gasteiger charge is 2.24. The molecule has 0 spiro atoms. The van der Waals surface area contributed by atoms with Crippen LogP contribution in [0.4, 0.5) is 0 Å². The van der Waals surface area contributed by atoms with Crippen molar-refractivity contribution in [3.05, 3.63) is 47.0 Å². The topological polar surface area (TPSA) is 101 Å². The van der Waals surface area contributed by atoms with E-state index in [9.17, 15) is 18.3 Å². The maximum absolute atomic E-state index is 12.5. The fourth-order valence-corrected chi connectivity index (χ4v) is 4.91. The Bertz CT molecular complexity index is 1230. The molecule has 1 fully saturated rings. The third-order valence-electron chi connectivity index (χ3n) is 5.81. The fourth-order valence-electron chi connectivity index (χ4n) is 4.01. The lowest BCUT2D eigenvalue weighted by atomic mass is 9.95. The van der Waals surface area contributed by atoms with E-state index in [2.05, 4.69) is 4.98 Å². The number of ether oxygens (including phenoxy) is 1. The summed E-state index contributed by atoms with van der Waals surface area (Å²) in [4.78, 5) is 15.7. The fraction of sp³-hybridized carbons (Fsp3) is 0.409. The van der Waals surface area contributed by atoms with Crippen LogP contribution < -0.4 is 10.3 Å². The van der Waals surface area contributed by atoms with Crippen molar-refractivity contribution in [2.24, 2.45) is 7.05 Å². The van der Waals surface area contributed by atoms with Crippen molar-refractivity contribution in [1.29, 1.82) is 0 Å². The van der Waals surface area contributed by atoms with E-state index >= 15 is 0 Å². The van der Waals surface area contributed by atoms with Crippen molar-refractivity contribution in [1.82, 2.24) is 9.55 Å². The van der Waals surface area contributed by atoms with E-state index in [4.69, 9.17) is 4.74 Å². The number of nitrogens with zero attached hydrogens (tertiary/aromatic N) is 1. The average molecular weight is 431 g/mol. The zero-order valence-electron chi connectivity index (χ0n) is 17.1. The Labute approximate surface area is 175 Å². The van der Waals surface area contributed by atoms with Gasteiger partial charge in [0.1, 0.15) is 11.3 Å². The van der Waals surface area contributed by atoms with Crippen LogP contribution in [0, 0.1) is 0 Å². The van der Waals surface area contributed by atoms with Crippen LogP contribution in [-0.4, -0.2) is 41.0 Å². The Hall–Kier alpha value is -2.58. The lowest BCUT2D eigenvalue weighted by Crippen LogP contribution is -2.26. The first-order valence-corrected chi connectivity index (χ1v) is 11.8. The molecule has 0 aliphatic heterocycles. The van der Waals surface area contributed by atoms with Gasteiger partial charge in [0.25, 0.3) is 5.56 Å². The van der Waals surface area contributed by atoms with Crippen molar-refractivity contribution in [2.45, 2.75) is 49.7 Å². The summed E-state index contributed by atoms with van der Waals surface area (Å²) in [6.07, 6.45) is 5.93. The van der Waals surface area contributed by atoms with Crippen LogP contribution >= 0.6 is 0 Å². The molecule has 0 amide bonds. The number of aliphatic hydroxyl groups is 1. The number of sulfone groups is 1. The first-order valence-electron chi connectivity index (χ1n) is 10.2. The molecule has 30 heavy (non-hydrogen) atoms. The van der Waals surface area contributed by atoms with Crippen molar-refractivity contribution < 1.29 is 18.3 Å². The van der Waals surface area contributed by atoms with Gasteiger partial charge in [-0.1, -0.05) is 6.92 Å². The van der Waals surface area contributed by atoms with E-state index in [-0.39, 0.29) is 28.4 Å². The van der Waals surface area contributed by atoms with Crippen molar-refractivity contribution >= 4 is 20.7 Å². The predicted octanol–water partition coefficient (Wildman–Crippen LogP) is 3.01. The minimum atomic E-state index is -3.41. The molecule has 7 nitrogen and oxygen atoms in total. The monoisotopic (exact) mass is 430 g/mol. The highest BCUT2D eigenvalue weighted by Crippen LogP contribution is 2.37. The van der Waals surface area contributed by atoms with E-state index in [0.717, 1.165) is 18.4 Å². The number of H-pyrrole nitrogens is 1. The van der Waals surface area contributed by atoms with Gasteiger partial charge in [0.2, 0.25) is 0 Å². The van der Waals surface area contributed by atoms with Crippen molar-refractivity contribution in [3.8, 4) is 16.9 Å². The van der Waals surface area contributed by atoms with Gasteiger partial charge in [-0.3, -0.25) is 4.79 Å². The van der Waals surface area contributed by atoms with Crippen LogP contribution in [0.15, 0.2) is 46.3 Å². The third kappa shape index (κ3) is 3.77. The van der Waals surface area contributed by atoms with Gasteiger partial charge in [0, 0.05) is 36.0 Å². The van der Waals surface area contributed by atoms with Gasteiger partial charge in [-0.2, -0.15) is 0 Å². The van der Waals surface area contributed by atoms with Gasteiger partial charge in [-0.15, -0.1) is 0 Å². The van der Waals surface area contributed by atoms with Gasteiger partial charge < -0.3 is 19.4 Å². The number of fused-ring (bicyclic) bond motifs is 1. The number of aromatic nitrogens is 2. The molecule has 4 rings (SSSR count). The van der Waals surface area contributed by atoms with Crippen LogP contribution in [-0.2, 0) is 16.9 Å². The summed E-state index contributed by atoms with van der Waals surface area (Å²) >= 11 is 0. The van der Waals surface area contributed by atoms with E-state index in [1.54, 1.807) is 44.6 Å². The van der Waals surface area contributed by atoms with Gasteiger partial charge in [0.05, 0.1) is 22.9 Å². The predicted molar refractivity (Wildman–Crippen MR) is 116 cm³/mol. The molecular weight excluding hydrogens is 404 g/mol. The Morgan fingerprint density at radius 1 is 1.17 bits per heavy atom. The number of aryl methyl sites for hydroxylation is 1. The molecule has 0 atom stereocenters. The number of rotatable bonds is 5. The molecule has 8 heteroatoms. The highest BCUT2D eigenvalue weighted by atomic mass is 32.2. The maximum Gasteiger partial charge on any atom is 0.274 e. The lowest BCUT2D eigenvalue weighted by molar-refractivity contribution is 0.0668. The van der Waals surface area contributed by atoms with Gasteiger partial charge in [-0.05, 0) is 49.9 Å². The molecule has 0 saturated heterocycles. The van der Waals surface area contributed by atoms with Crippen molar-refractivity contribution in [3.63, 3.8) is 0 Å². The number of benzene rings is 1. The molecule has 1 aromatic carbocycles. The number of aromatic amines is 1. The van der Waals surface area contributed by atoms with E-state index in [1.807, 2.05) is 6.07 Å². The maximum atomic E-state index is 12.5. The third-order valence-corrected chi connectivity index (χ3v) is 7.54. The summed E-state index contributed by atoms with van der Waals surface area (Å²) in [6, 6.07) is 6.73. The van der Waals surface area contributed by atoms with Crippen LogP contribution in [0.3, 0.4) is 0 Å². The highest BCUT2D eigenvalue weighted by molar-refractivity contribution is 7.91. The Balaban J connectivity index is 1.88. The van der Waals surface area contributed by atoms with E-state index < -0.39 is 9.84 Å². The van der Waals surface area contributed by atoms with Crippen LogP contribution in [0.25, 0.3) is 22.0 Å². The molecule has 1 aliphatic rings. The quantitative estimate of drug-likeness (QED) is 0.648. The number of aliphatic hydroxyl groups excluding tert-OH is 1. The summed E-state index contributed by atoms with van der Waals surface area (Å²) < 4.78 is 32.8. The van der Waals surface area contributed by atoms with Gasteiger partial charge in [-0.25, -0.2) is 8.42 Å². The smallest absolute Gasteiger partial charge is 0.274 e. The Kier molecular flexibility index (Phi) is 5.46. The summed E-state index contributed by atoms with van der Waals surface area (Å²) in [5.74, 6) is 0.576.